The van der Waals surface area contributed by atoms with Crippen LogP contribution in [0, 0.1) is 11.8 Å². The summed E-state index contributed by atoms with van der Waals surface area (Å²) in [4.78, 5) is 0. The fourth-order valence-electron chi connectivity index (χ4n) is 2.89. The van der Waals surface area contributed by atoms with E-state index in [0.29, 0.717) is 23.1 Å². The van der Waals surface area contributed by atoms with Gasteiger partial charge in [-0.15, -0.1) is 5.10 Å². The highest BCUT2D eigenvalue weighted by molar-refractivity contribution is 9.10. The number of nitrogens with zero attached hydrogens (tertiary/aromatic N) is 3. The van der Waals surface area contributed by atoms with Crippen LogP contribution in [0.1, 0.15) is 37.4 Å². The average Bonchev–Trinajstić information content (AvgIpc) is 2.67. The molecule has 0 aromatic carbocycles. The Hall–Kier alpha value is -0.630. The Morgan fingerprint density at radius 2 is 2.00 bits per heavy atom. The molecule has 0 saturated heterocycles. The molecule has 1 aliphatic rings. The quantitative estimate of drug-likeness (QED) is 0.900. The van der Waals surface area contributed by atoms with E-state index >= 15 is 0 Å². The van der Waals surface area contributed by atoms with E-state index in [1.54, 1.807) is 7.05 Å². The first-order chi connectivity index (χ1) is 8.82. The molecule has 8 heteroatoms. The second kappa shape index (κ2) is 5.40. The van der Waals surface area contributed by atoms with Crippen LogP contribution in [-0.2, 0) is 7.05 Å². The molecule has 1 aliphatic carbocycles. The molecule has 0 aliphatic heterocycles. The molecular weight excluding hydrogens is 325 g/mol. The van der Waals surface area contributed by atoms with Crippen LogP contribution in [0.3, 0.4) is 0 Å². The van der Waals surface area contributed by atoms with Crippen LogP contribution in [0.15, 0.2) is 4.60 Å². The van der Waals surface area contributed by atoms with Gasteiger partial charge >= 0.3 is 6.18 Å². The van der Waals surface area contributed by atoms with Crippen LogP contribution in [0.2, 0.25) is 0 Å². The third kappa shape index (κ3) is 2.94. The van der Waals surface area contributed by atoms with Gasteiger partial charge in [0.05, 0.1) is 17.7 Å². The minimum Gasteiger partial charge on any atom is -0.322 e. The molecule has 1 saturated carbocycles. The molecule has 0 radical (unpaired) electrons. The zero-order valence-corrected chi connectivity index (χ0v) is 12.1. The molecule has 3 unspecified atom stereocenters. The molecule has 2 rings (SSSR count). The number of aromatic nitrogens is 3. The van der Waals surface area contributed by atoms with E-state index in [-0.39, 0.29) is 6.42 Å². The fourth-order valence-corrected chi connectivity index (χ4v) is 3.48. The molecule has 19 heavy (non-hydrogen) atoms. The van der Waals surface area contributed by atoms with Crippen molar-refractivity contribution in [1.82, 2.24) is 15.0 Å². The largest absolute Gasteiger partial charge is 0.392 e. The number of aryl methyl sites for hydroxylation is 1. The highest BCUT2D eigenvalue weighted by atomic mass is 79.9. The van der Waals surface area contributed by atoms with Crippen molar-refractivity contribution in [2.75, 3.05) is 0 Å². The zero-order chi connectivity index (χ0) is 14.2. The summed E-state index contributed by atoms with van der Waals surface area (Å²) in [5, 5.41) is 7.57. The first kappa shape index (κ1) is 14.8. The number of hydrogen-bond acceptors (Lipinski definition) is 3. The van der Waals surface area contributed by atoms with Crippen LogP contribution >= 0.6 is 15.9 Å². The Morgan fingerprint density at radius 3 is 2.53 bits per heavy atom. The number of rotatable bonds is 2. The van der Waals surface area contributed by atoms with Crippen molar-refractivity contribution in [3.8, 4) is 0 Å². The summed E-state index contributed by atoms with van der Waals surface area (Å²) in [6, 6.07) is -0.707. The van der Waals surface area contributed by atoms with Gasteiger partial charge in [0.2, 0.25) is 0 Å². The monoisotopic (exact) mass is 340 g/mol. The van der Waals surface area contributed by atoms with Crippen molar-refractivity contribution in [3.05, 3.63) is 10.3 Å². The van der Waals surface area contributed by atoms with Gasteiger partial charge in [-0.05, 0) is 34.7 Å². The summed E-state index contributed by atoms with van der Waals surface area (Å²) >= 11 is 3.20. The van der Waals surface area contributed by atoms with Crippen molar-refractivity contribution < 1.29 is 13.2 Å². The molecule has 1 aromatic heterocycles. The normalized spacial score (nSPS) is 26.4. The average molecular weight is 341 g/mol. The Labute approximate surface area is 117 Å². The van der Waals surface area contributed by atoms with Crippen LogP contribution in [0.5, 0.6) is 0 Å². The molecule has 1 aromatic rings. The predicted molar refractivity (Wildman–Crippen MR) is 67.1 cm³/mol. The van der Waals surface area contributed by atoms with Gasteiger partial charge in [-0.3, -0.25) is 0 Å². The lowest BCUT2D eigenvalue weighted by molar-refractivity contribution is -0.198. The van der Waals surface area contributed by atoms with Gasteiger partial charge in [0.15, 0.2) is 4.60 Å². The van der Waals surface area contributed by atoms with E-state index in [4.69, 9.17) is 5.73 Å². The summed E-state index contributed by atoms with van der Waals surface area (Å²) in [5.41, 5.74) is 6.60. The van der Waals surface area contributed by atoms with E-state index < -0.39 is 24.1 Å². The topological polar surface area (TPSA) is 56.7 Å². The van der Waals surface area contributed by atoms with Gasteiger partial charge in [0.25, 0.3) is 0 Å². The van der Waals surface area contributed by atoms with Crippen LogP contribution in [0.4, 0.5) is 13.2 Å². The molecule has 1 fully saturated rings. The van der Waals surface area contributed by atoms with Gasteiger partial charge in [0, 0.05) is 7.05 Å². The standard InChI is InChI=1S/C11H16BrF3N4/c1-19-9(10(12)17-18-19)8(16)6-4-2-3-5-7(6)11(13,14)15/h6-8H,2-5,16H2,1H3. The highest BCUT2D eigenvalue weighted by Crippen LogP contribution is 2.46. The summed E-state index contributed by atoms with van der Waals surface area (Å²) in [6.07, 6.45) is -2.15. The maximum atomic E-state index is 13.1. The second-order valence-electron chi connectivity index (χ2n) is 5.01. The smallest absolute Gasteiger partial charge is 0.322 e. The molecule has 0 bridgehead atoms. The summed E-state index contributed by atoms with van der Waals surface area (Å²) in [7, 11) is 1.64. The van der Waals surface area contributed by atoms with Crippen LogP contribution < -0.4 is 5.73 Å². The van der Waals surface area contributed by atoms with Crippen molar-refractivity contribution in [2.45, 2.75) is 37.9 Å². The Balaban J connectivity index is 2.28. The van der Waals surface area contributed by atoms with E-state index in [1.165, 1.54) is 4.68 Å². The van der Waals surface area contributed by atoms with E-state index in [0.717, 1.165) is 6.42 Å². The fraction of sp³-hybridized carbons (Fsp3) is 0.818. The SMILES string of the molecule is Cn1nnc(Br)c1C(N)C1CCCCC1C(F)(F)F. The zero-order valence-electron chi connectivity index (χ0n) is 10.5. The first-order valence-electron chi connectivity index (χ1n) is 6.19. The molecule has 0 amide bonds. The lowest BCUT2D eigenvalue weighted by Crippen LogP contribution is -2.39. The summed E-state index contributed by atoms with van der Waals surface area (Å²) in [5.74, 6) is -1.94. The van der Waals surface area contributed by atoms with Gasteiger partial charge in [-0.2, -0.15) is 13.2 Å². The third-order valence-electron chi connectivity index (χ3n) is 3.84. The molecule has 4 nitrogen and oxygen atoms in total. The van der Waals surface area contributed by atoms with Crippen molar-refractivity contribution >= 4 is 15.9 Å². The van der Waals surface area contributed by atoms with Gasteiger partial charge < -0.3 is 5.73 Å². The van der Waals surface area contributed by atoms with E-state index in [2.05, 4.69) is 26.2 Å². The number of alkyl halides is 3. The molecule has 0 spiro atoms. The number of hydrogen-bond donors (Lipinski definition) is 1. The lowest BCUT2D eigenvalue weighted by Gasteiger charge is -2.36. The van der Waals surface area contributed by atoms with Crippen molar-refractivity contribution in [2.24, 2.45) is 24.6 Å². The Kier molecular flexibility index (Phi) is 4.20. The van der Waals surface area contributed by atoms with Crippen molar-refractivity contribution in [3.63, 3.8) is 0 Å². The van der Waals surface area contributed by atoms with Gasteiger partial charge in [0.1, 0.15) is 0 Å². The van der Waals surface area contributed by atoms with E-state index in [9.17, 15) is 13.2 Å². The van der Waals surface area contributed by atoms with Crippen LogP contribution in [0.25, 0.3) is 0 Å². The van der Waals surface area contributed by atoms with Crippen LogP contribution in [-0.4, -0.2) is 21.2 Å². The van der Waals surface area contributed by atoms with Crippen molar-refractivity contribution in [1.29, 1.82) is 0 Å². The van der Waals surface area contributed by atoms with Gasteiger partial charge in [-0.25, -0.2) is 4.68 Å². The molecular formula is C11H16BrF3N4. The molecule has 1 heterocycles. The van der Waals surface area contributed by atoms with Gasteiger partial charge in [-0.1, -0.05) is 18.1 Å². The Morgan fingerprint density at radius 1 is 1.37 bits per heavy atom. The molecule has 108 valence electrons. The Bertz CT molecular complexity index is 426. The highest BCUT2D eigenvalue weighted by Gasteiger charge is 2.48. The van der Waals surface area contributed by atoms with E-state index in [1.807, 2.05) is 0 Å². The number of nitrogens with two attached hydrogens (primary N) is 1. The third-order valence-corrected chi connectivity index (χ3v) is 4.41. The minimum absolute atomic E-state index is 0.158. The predicted octanol–water partition coefficient (Wildman–Crippen LogP) is 2.95. The summed E-state index contributed by atoms with van der Waals surface area (Å²) < 4.78 is 41.1. The minimum atomic E-state index is -4.19. The second-order valence-corrected chi connectivity index (χ2v) is 5.76. The maximum Gasteiger partial charge on any atom is 0.392 e. The summed E-state index contributed by atoms with van der Waals surface area (Å²) in [6.45, 7) is 0. The molecule has 2 N–H and O–H groups in total. The maximum absolute atomic E-state index is 13.1. The number of halogens is 4. The molecule has 3 atom stereocenters. The first-order valence-corrected chi connectivity index (χ1v) is 6.99. The lowest BCUT2D eigenvalue weighted by atomic mass is 9.74.